The van der Waals surface area contributed by atoms with Gasteiger partial charge in [0.2, 0.25) is 0 Å². The number of hydrogen-bond donors (Lipinski definition) is 3. The molecule has 0 aromatic rings. The van der Waals surface area contributed by atoms with Gasteiger partial charge in [0.15, 0.2) is 0 Å². The summed E-state index contributed by atoms with van der Waals surface area (Å²) in [5.74, 6) is 0. The van der Waals surface area contributed by atoms with Gasteiger partial charge in [0.25, 0.3) is 0 Å². The van der Waals surface area contributed by atoms with E-state index in [4.69, 9.17) is 28.9 Å². The minimum atomic E-state index is -4.64. The van der Waals surface area contributed by atoms with E-state index < -0.39 is 7.82 Å². The number of hydrogen-bond acceptors (Lipinski definition) is 4. The first-order valence-electron chi connectivity index (χ1n) is 8.25. The first-order chi connectivity index (χ1) is 10.4. The number of hydroxylamine groups is 2. The summed E-state index contributed by atoms with van der Waals surface area (Å²) in [7, 11) is -4.64. The predicted octanol–water partition coefficient (Wildman–Crippen LogP) is 3.16. The molecule has 1 aliphatic rings. The van der Waals surface area contributed by atoms with Crippen LogP contribution in [0, 0.1) is 0 Å². The van der Waals surface area contributed by atoms with Crippen LogP contribution < -0.4 is 0 Å². The Morgan fingerprint density at radius 1 is 0.955 bits per heavy atom. The van der Waals surface area contributed by atoms with Gasteiger partial charge in [-0.2, -0.15) is 0 Å². The molecule has 22 heavy (non-hydrogen) atoms. The zero-order chi connectivity index (χ0) is 16.7. The van der Waals surface area contributed by atoms with E-state index in [1.165, 1.54) is 57.8 Å². The van der Waals surface area contributed by atoms with Crippen molar-refractivity contribution in [3.8, 4) is 0 Å². The maximum atomic E-state index is 8.88. The summed E-state index contributed by atoms with van der Waals surface area (Å²) in [5.41, 5.74) is 0. The number of rotatable bonds is 12. The number of nitrogens with zero attached hydrogens (tertiary/aromatic N) is 1. The molecule has 8 heteroatoms. The fourth-order valence-electron chi connectivity index (χ4n) is 2.02. The lowest BCUT2D eigenvalue weighted by Gasteiger charge is -2.28. The zero-order valence-corrected chi connectivity index (χ0v) is 14.5. The average molecular weight is 341 g/mol. The fourth-order valence-corrected chi connectivity index (χ4v) is 2.02. The molecule has 0 aromatic heterocycles. The highest BCUT2D eigenvalue weighted by Crippen LogP contribution is 2.25. The summed E-state index contributed by atoms with van der Waals surface area (Å²) in [4.78, 5) is 32.0. The van der Waals surface area contributed by atoms with Crippen molar-refractivity contribution in [3.05, 3.63) is 0 Å². The van der Waals surface area contributed by atoms with Crippen molar-refractivity contribution in [2.45, 2.75) is 71.1 Å². The summed E-state index contributed by atoms with van der Waals surface area (Å²) >= 11 is 0. The third-order valence-corrected chi connectivity index (χ3v) is 3.24. The first-order valence-corrected chi connectivity index (χ1v) is 9.81. The zero-order valence-electron chi connectivity index (χ0n) is 13.7. The predicted molar refractivity (Wildman–Crippen MR) is 84.7 cm³/mol. The van der Waals surface area contributed by atoms with Crippen LogP contribution in [-0.4, -0.2) is 39.7 Å². The quantitative estimate of drug-likeness (QED) is 0.370. The Morgan fingerprint density at radius 2 is 1.36 bits per heavy atom. The van der Waals surface area contributed by atoms with Gasteiger partial charge in [-0.05, 0) is 6.42 Å². The summed E-state index contributed by atoms with van der Waals surface area (Å²) in [6.07, 6.45) is 13.7. The summed E-state index contributed by atoms with van der Waals surface area (Å²) in [6, 6.07) is 0. The topological polar surface area (TPSA) is 99.5 Å². The van der Waals surface area contributed by atoms with Crippen LogP contribution in [0.15, 0.2) is 0 Å². The van der Waals surface area contributed by atoms with E-state index in [0.29, 0.717) is 0 Å². The summed E-state index contributed by atoms with van der Waals surface area (Å²) < 4.78 is 8.88. The van der Waals surface area contributed by atoms with Crippen molar-refractivity contribution in [2.24, 2.45) is 0 Å². The van der Waals surface area contributed by atoms with Gasteiger partial charge in [0, 0.05) is 0 Å². The van der Waals surface area contributed by atoms with Crippen LogP contribution in [0.3, 0.4) is 0 Å². The highest BCUT2D eigenvalue weighted by Gasteiger charge is 2.14. The monoisotopic (exact) mass is 341 g/mol. The van der Waals surface area contributed by atoms with E-state index in [1.807, 2.05) is 0 Å². The molecule has 3 N–H and O–H groups in total. The minimum absolute atomic E-state index is 0.816. The highest BCUT2D eigenvalue weighted by molar-refractivity contribution is 7.45. The Morgan fingerprint density at radius 3 is 1.73 bits per heavy atom. The SMILES string of the molecule is CCCCCCCCCCCCON1CCO1.O=P(O)(O)O. The van der Waals surface area contributed by atoms with Crippen LogP contribution in [0.4, 0.5) is 0 Å². The maximum absolute atomic E-state index is 8.88. The van der Waals surface area contributed by atoms with Crippen molar-refractivity contribution in [1.82, 2.24) is 5.23 Å². The Balaban J connectivity index is 0.000000763. The molecule has 0 radical (unpaired) electrons. The van der Waals surface area contributed by atoms with E-state index in [2.05, 4.69) is 6.92 Å². The largest absolute Gasteiger partial charge is 0.466 e. The molecular weight excluding hydrogens is 309 g/mol. The number of unbranched alkanes of at least 4 members (excludes halogenated alkanes) is 9. The molecule has 134 valence electrons. The van der Waals surface area contributed by atoms with Gasteiger partial charge in [-0.3, -0.25) is 9.68 Å². The second-order valence-corrected chi connectivity index (χ2v) is 6.44. The Bertz CT molecular complexity index is 274. The fraction of sp³-hybridized carbons (Fsp3) is 1.00. The molecule has 0 aliphatic carbocycles. The Kier molecular flexibility index (Phi) is 14.6. The molecule has 0 atom stereocenters. The van der Waals surface area contributed by atoms with Crippen molar-refractivity contribution in [1.29, 1.82) is 0 Å². The van der Waals surface area contributed by atoms with Crippen LogP contribution >= 0.6 is 7.82 Å². The van der Waals surface area contributed by atoms with Gasteiger partial charge < -0.3 is 14.7 Å². The molecule has 1 heterocycles. The van der Waals surface area contributed by atoms with E-state index in [9.17, 15) is 0 Å². The van der Waals surface area contributed by atoms with Gasteiger partial charge in [0.05, 0.1) is 19.8 Å². The van der Waals surface area contributed by atoms with Crippen LogP contribution in [0.5, 0.6) is 0 Å². The minimum Gasteiger partial charge on any atom is -0.303 e. The normalized spacial score (nSPS) is 15.1. The van der Waals surface area contributed by atoms with E-state index in [0.717, 1.165) is 26.2 Å². The lowest BCUT2D eigenvalue weighted by molar-refractivity contribution is -0.429. The van der Waals surface area contributed by atoms with E-state index >= 15 is 0 Å². The van der Waals surface area contributed by atoms with Gasteiger partial charge in [0.1, 0.15) is 0 Å². The molecule has 0 amide bonds. The second kappa shape index (κ2) is 14.6. The number of phosphoric acid groups is 1. The molecular formula is C14H32NO6P. The molecule has 0 unspecified atom stereocenters. The first kappa shape index (κ1) is 22.0. The van der Waals surface area contributed by atoms with Crippen LogP contribution in [-0.2, 0) is 14.2 Å². The molecule has 1 saturated heterocycles. The van der Waals surface area contributed by atoms with Crippen molar-refractivity contribution >= 4 is 7.82 Å². The van der Waals surface area contributed by atoms with Crippen molar-refractivity contribution in [2.75, 3.05) is 19.8 Å². The van der Waals surface area contributed by atoms with Gasteiger partial charge in [-0.15, -0.1) is 0 Å². The molecule has 0 bridgehead atoms. The van der Waals surface area contributed by atoms with E-state index in [1.54, 1.807) is 5.23 Å². The van der Waals surface area contributed by atoms with Crippen molar-refractivity contribution < 1.29 is 28.9 Å². The molecule has 0 saturated carbocycles. The van der Waals surface area contributed by atoms with Crippen molar-refractivity contribution in [3.63, 3.8) is 0 Å². The van der Waals surface area contributed by atoms with Gasteiger partial charge >= 0.3 is 7.82 Å². The lowest BCUT2D eigenvalue weighted by Crippen LogP contribution is -2.39. The molecule has 0 aromatic carbocycles. The van der Waals surface area contributed by atoms with Crippen LogP contribution in [0.25, 0.3) is 0 Å². The molecule has 1 aliphatic heterocycles. The van der Waals surface area contributed by atoms with Crippen LogP contribution in [0.1, 0.15) is 71.1 Å². The maximum Gasteiger partial charge on any atom is 0.466 e. The van der Waals surface area contributed by atoms with Crippen LogP contribution in [0.2, 0.25) is 0 Å². The molecule has 1 rings (SSSR count). The summed E-state index contributed by atoms with van der Waals surface area (Å²) in [6.45, 7) is 4.83. The third kappa shape index (κ3) is 20.0. The highest BCUT2D eigenvalue weighted by atomic mass is 31.2. The molecule has 0 spiro atoms. The lowest BCUT2D eigenvalue weighted by atomic mass is 10.1. The molecule has 7 nitrogen and oxygen atoms in total. The Hall–Kier alpha value is -0.0100. The third-order valence-electron chi connectivity index (χ3n) is 3.24. The Labute approximate surface area is 133 Å². The smallest absolute Gasteiger partial charge is 0.303 e. The standard InChI is InChI=1S/C14H29NO2.H3O4P/c1-2-3-4-5-6-7-8-9-10-11-13-16-15-12-14-17-15;1-5(2,3)4/h2-14H2,1H3;(H3,1,2,3,4). The van der Waals surface area contributed by atoms with Gasteiger partial charge in [-0.1, -0.05) is 69.9 Å². The molecule has 1 fully saturated rings. The average Bonchev–Trinajstić information content (AvgIpc) is 2.36. The van der Waals surface area contributed by atoms with E-state index in [-0.39, 0.29) is 0 Å². The summed E-state index contributed by atoms with van der Waals surface area (Å²) in [5, 5.41) is 1.59. The second-order valence-electron chi connectivity index (χ2n) is 5.42. The van der Waals surface area contributed by atoms with Gasteiger partial charge in [-0.25, -0.2) is 4.57 Å².